The van der Waals surface area contributed by atoms with Crippen molar-refractivity contribution in [2.45, 2.75) is 24.6 Å². The number of halogens is 1. The predicted octanol–water partition coefficient (Wildman–Crippen LogP) is 3.44. The van der Waals surface area contributed by atoms with Crippen LogP contribution in [0.2, 0.25) is 0 Å². The maximum atomic E-state index is 4.00. The molecule has 1 rings (SSSR count). The SMILES string of the molecule is CC(C)CCSc1nnc(Br)s1. The summed E-state index contributed by atoms with van der Waals surface area (Å²) >= 11 is 6.67. The average molecular weight is 267 g/mol. The number of hydrogen-bond acceptors (Lipinski definition) is 4. The minimum Gasteiger partial charge on any atom is -0.131 e. The summed E-state index contributed by atoms with van der Waals surface area (Å²) in [6.45, 7) is 4.47. The highest BCUT2D eigenvalue weighted by Gasteiger charge is 2.02. The number of rotatable bonds is 4. The van der Waals surface area contributed by atoms with Crippen LogP contribution in [0.4, 0.5) is 0 Å². The number of hydrogen-bond donors (Lipinski definition) is 0. The van der Waals surface area contributed by atoms with E-state index in [1.54, 1.807) is 23.1 Å². The van der Waals surface area contributed by atoms with Crippen LogP contribution in [0.1, 0.15) is 20.3 Å². The standard InChI is InChI=1S/C7H11BrN2S2/c1-5(2)3-4-11-7-10-9-6(8)12-7/h5H,3-4H2,1-2H3. The van der Waals surface area contributed by atoms with Crippen molar-refractivity contribution >= 4 is 39.0 Å². The third kappa shape index (κ3) is 3.87. The quantitative estimate of drug-likeness (QED) is 0.781. The molecule has 5 heteroatoms. The molecule has 0 saturated heterocycles. The number of nitrogens with zero attached hydrogens (tertiary/aromatic N) is 2. The zero-order chi connectivity index (χ0) is 8.97. The van der Waals surface area contributed by atoms with Crippen LogP contribution in [0.25, 0.3) is 0 Å². The Labute approximate surface area is 89.3 Å². The molecule has 2 nitrogen and oxygen atoms in total. The summed E-state index contributed by atoms with van der Waals surface area (Å²) in [5.41, 5.74) is 0. The number of aromatic nitrogens is 2. The van der Waals surface area contributed by atoms with Crippen LogP contribution in [0.15, 0.2) is 8.26 Å². The molecule has 1 aromatic rings. The molecule has 0 amide bonds. The van der Waals surface area contributed by atoms with Gasteiger partial charge in [-0.25, -0.2) is 0 Å². The molecule has 1 aromatic heterocycles. The molecular formula is C7H11BrN2S2. The molecule has 0 aliphatic heterocycles. The molecule has 0 spiro atoms. The van der Waals surface area contributed by atoms with E-state index in [2.05, 4.69) is 40.0 Å². The van der Waals surface area contributed by atoms with E-state index in [1.165, 1.54) is 6.42 Å². The molecule has 0 saturated carbocycles. The van der Waals surface area contributed by atoms with Gasteiger partial charge in [-0.3, -0.25) is 0 Å². The van der Waals surface area contributed by atoms with Crippen molar-refractivity contribution in [3.05, 3.63) is 3.92 Å². The van der Waals surface area contributed by atoms with Crippen LogP contribution < -0.4 is 0 Å². The van der Waals surface area contributed by atoms with Gasteiger partial charge in [0.1, 0.15) is 0 Å². The van der Waals surface area contributed by atoms with Gasteiger partial charge in [0, 0.05) is 5.75 Å². The Morgan fingerprint density at radius 1 is 1.50 bits per heavy atom. The molecule has 68 valence electrons. The van der Waals surface area contributed by atoms with Crippen molar-refractivity contribution in [3.8, 4) is 0 Å². The lowest BCUT2D eigenvalue weighted by Crippen LogP contribution is -1.88. The number of thioether (sulfide) groups is 1. The van der Waals surface area contributed by atoms with Crippen LogP contribution in [-0.2, 0) is 0 Å². The fraction of sp³-hybridized carbons (Fsp3) is 0.714. The highest BCUT2D eigenvalue weighted by Crippen LogP contribution is 2.26. The van der Waals surface area contributed by atoms with E-state index < -0.39 is 0 Å². The summed E-state index contributed by atoms with van der Waals surface area (Å²) in [5, 5.41) is 7.88. The zero-order valence-corrected chi connectivity index (χ0v) is 10.3. The van der Waals surface area contributed by atoms with Crippen molar-refractivity contribution in [1.82, 2.24) is 10.2 Å². The Hall–Kier alpha value is 0.390. The van der Waals surface area contributed by atoms with Crippen molar-refractivity contribution in [3.63, 3.8) is 0 Å². The fourth-order valence-electron chi connectivity index (χ4n) is 0.633. The first-order chi connectivity index (χ1) is 5.68. The Kier molecular flexibility index (Phi) is 4.53. The monoisotopic (exact) mass is 266 g/mol. The van der Waals surface area contributed by atoms with Crippen LogP contribution in [0.5, 0.6) is 0 Å². The molecule has 0 unspecified atom stereocenters. The minimum atomic E-state index is 0.772. The van der Waals surface area contributed by atoms with Crippen LogP contribution in [0.3, 0.4) is 0 Å². The molecule has 0 bridgehead atoms. The molecule has 12 heavy (non-hydrogen) atoms. The smallest absolute Gasteiger partial charge is 0.131 e. The summed E-state index contributed by atoms with van der Waals surface area (Å²) in [4.78, 5) is 0. The van der Waals surface area contributed by atoms with E-state index >= 15 is 0 Å². The van der Waals surface area contributed by atoms with Gasteiger partial charge < -0.3 is 0 Å². The van der Waals surface area contributed by atoms with Crippen molar-refractivity contribution in [1.29, 1.82) is 0 Å². The summed E-state index contributed by atoms with van der Waals surface area (Å²) in [5.74, 6) is 1.91. The lowest BCUT2D eigenvalue weighted by molar-refractivity contribution is 0.632. The highest BCUT2D eigenvalue weighted by atomic mass is 79.9. The van der Waals surface area contributed by atoms with Gasteiger partial charge in [0.05, 0.1) is 0 Å². The molecule has 0 aliphatic carbocycles. The molecule has 0 N–H and O–H groups in total. The second-order valence-electron chi connectivity index (χ2n) is 2.85. The van der Waals surface area contributed by atoms with Gasteiger partial charge in [0.15, 0.2) is 8.26 Å². The van der Waals surface area contributed by atoms with E-state index in [1.807, 2.05) is 0 Å². The molecule has 0 radical (unpaired) electrons. The normalized spacial score (nSPS) is 11.0. The second-order valence-corrected chi connectivity index (χ2v) is 6.45. The first-order valence-electron chi connectivity index (χ1n) is 3.80. The minimum absolute atomic E-state index is 0.772. The van der Waals surface area contributed by atoms with Gasteiger partial charge in [-0.15, -0.1) is 10.2 Å². The van der Waals surface area contributed by atoms with Crippen molar-refractivity contribution in [2.75, 3.05) is 5.75 Å². The first kappa shape index (κ1) is 10.5. The Balaban J connectivity index is 2.24. The molecule has 0 atom stereocenters. The lowest BCUT2D eigenvalue weighted by atomic mass is 10.2. The predicted molar refractivity (Wildman–Crippen MR) is 57.8 cm³/mol. The average Bonchev–Trinajstić information content (AvgIpc) is 2.35. The van der Waals surface area contributed by atoms with Crippen molar-refractivity contribution < 1.29 is 0 Å². The van der Waals surface area contributed by atoms with Gasteiger partial charge in [0.2, 0.25) is 0 Å². The Bertz CT molecular complexity index is 237. The summed E-state index contributed by atoms with van der Waals surface area (Å²) in [7, 11) is 0. The lowest BCUT2D eigenvalue weighted by Gasteiger charge is -2.00. The third-order valence-electron chi connectivity index (χ3n) is 1.30. The van der Waals surface area contributed by atoms with E-state index in [0.29, 0.717) is 0 Å². The highest BCUT2D eigenvalue weighted by molar-refractivity contribution is 9.11. The molecular weight excluding hydrogens is 256 g/mol. The van der Waals surface area contributed by atoms with E-state index in [-0.39, 0.29) is 0 Å². The third-order valence-corrected chi connectivity index (χ3v) is 3.83. The largest absolute Gasteiger partial charge is 0.184 e. The summed E-state index contributed by atoms with van der Waals surface area (Å²) in [6, 6.07) is 0. The van der Waals surface area contributed by atoms with Gasteiger partial charge in [-0.05, 0) is 28.3 Å². The van der Waals surface area contributed by atoms with Crippen LogP contribution in [-0.4, -0.2) is 16.0 Å². The summed E-state index contributed by atoms with van der Waals surface area (Å²) in [6.07, 6.45) is 1.24. The Morgan fingerprint density at radius 3 is 2.75 bits per heavy atom. The maximum Gasteiger partial charge on any atom is 0.184 e. The molecule has 0 aliphatic rings. The Morgan fingerprint density at radius 2 is 2.25 bits per heavy atom. The molecule has 0 fully saturated rings. The molecule has 1 heterocycles. The van der Waals surface area contributed by atoms with Gasteiger partial charge >= 0.3 is 0 Å². The molecule has 0 aromatic carbocycles. The fourth-order valence-corrected chi connectivity index (χ4v) is 3.39. The topological polar surface area (TPSA) is 25.8 Å². The van der Waals surface area contributed by atoms with Gasteiger partial charge in [-0.1, -0.05) is 36.9 Å². The van der Waals surface area contributed by atoms with E-state index in [0.717, 1.165) is 19.9 Å². The van der Waals surface area contributed by atoms with E-state index in [4.69, 9.17) is 0 Å². The van der Waals surface area contributed by atoms with E-state index in [9.17, 15) is 0 Å². The second kappa shape index (κ2) is 5.19. The van der Waals surface area contributed by atoms with Crippen molar-refractivity contribution in [2.24, 2.45) is 5.92 Å². The summed E-state index contributed by atoms with van der Waals surface area (Å²) < 4.78 is 1.93. The maximum absolute atomic E-state index is 4.00. The zero-order valence-electron chi connectivity index (χ0n) is 7.08. The van der Waals surface area contributed by atoms with Crippen LogP contribution in [0, 0.1) is 5.92 Å². The van der Waals surface area contributed by atoms with Gasteiger partial charge in [-0.2, -0.15) is 0 Å². The van der Waals surface area contributed by atoms with Gasteiger partial charge in [0.25, 0.3) is 0 Å². The van der Waals surface area contributed by atoms with Crippen LogP contribution >= 0.6 is 39.0 Å². The first-order valence-corrected chi connectivity index (χ1v) is 6.40.